The fraction of sp³-hybridized carbons (Fsp3) is 0.727. The molecule has 1 heterocycles. The van der Waals surface area contributed by atoms with E-state index in [-0.39, 0.29) is 13.2 Å². The molecule has 0 bridgehead atoms. The average Bonchev–Trinajstić information content (AvgIpc) is 2.50. The Bertz CT molecular complexity index is 388. The lowest BCUT2D eigenvalue weighted by Crippen LogP contribution is -2.21. The van der Waals surface area contributed by atoms with E-state index in [9.17, 15) is 13.2 Å². The first-order valence-corrected chi connectivity index (χ1v) is 5.76. The molecule has 0 aromatic carbocycles. The van der Waals surface area contributed by atoms with Gasteiger partial charge in [0.2, 0.25) is 0 Å². The summed E-state index contributed by atoms with van der Waals surface area (Å²) in [6, 6.07) is 0. The minimum absolute atomic E-state index is 0.0110. The van der Waals surface area contributed by atoms with Crippen molar-refractivity contribution in [2.45, 2.75) is 39.5 Å². The van der Waals surface area contributed by atoms with E-state index in [1.807, 2.05) is 13.8 Å². The lowest BCUT2D eigenvalue weighted by molar-refractivity contribution is -0.133. The maximum Gasteiger partial charge on any atom is 0.390 e. The molecular formula is C11H18F3N3O. The van der Waals surface area contributed by atoms with Gasteiger partial charge in [-0.05, 0) is 13.8 Å². The maximum atomic E-state index is 12.0. The number of halogens is 3. The Hall–Kier alpha value is -1.08. The summed E-state index contributed by atoms with van der Waals surface area (Å²) in [5.74, 6) is 0. The van der Waals surface area contributed by atoms with Crippen LogP contribution in [0.15, 0.2) is 0 Å². The maximum absolute atomic E-state index is 12.0. The third-order valence-electron chi connectivity index (χ3n) is 2.73. The molecule has 0 aliphatic rings. The third kappa shape index (κ3) is 4.30. The van der Waals surface area contributed by atoms with Gasteiger partial charge in [0.1, 0.15) is 0 Å². The topological polar surface area (TPSA) is 50.1 Å². The second-order valence-corrected chi connectivity index (χ2v) is 4.14. The van der Waals surface area contributed by atoms with E-state index in [0.717, 1.165) is 17.0 Å². The molecule has 0 saturated heterocycles. The Kier molecular flexibility index (Phi) is 5.15. The van der Waals surface area contributed by atoms with Crippen LogP contribution in [0.2, 0.25) is 0 Å². The summed E-state index contributed by atoms with van der Waals surface area (Å²) in [6.07, 6.45) is -4.96. The van der Waals surface area contributed by atoms with Gasteiger partial charge < -0.3 is 10.4 Å². The van der Waals surface area contributed by atoms with E-state index in [0.29, 0.717) is 13.1 Å². The van der Waals surface area contributed by atoms with Gasteiger partial charge in [-0.15, -0.1) is 0 Å². The van der Waals surface area contributed by atoms with Gasteiger partial charge in [-0.25, -0.2) is 0 Å². The molecule has 0 unspecified atom stereocenters. The van der Waals surface area contributed by atoms with Crippen LogP contribution in [-0.4, -0.2) is 34.2 Å². The van der Waals surface area contributed by atoms with Crippen molar-refractivity contribution in [1.82, 2.24) is 15.1 Å². The van der Waals surface area contributed by atoms with Crippen molar-refractivity contribution in [2.75, 3.05) is 13.2 Å². The highest BCUT2D eigenvalue weighted by Gasteiger charge is 2.26. The van der Waals surface area contributed by atoms with Crippen LogP contribution >= 0.6 is 0 Å². The average molecular weight is 265 g/mol. The Morgan fingerprint density at radius 2 is 2.00 bits per heavy atom. The van der Waals surface area contributed by atoms with Crippen molar-refractivity contribution >= 4 is 0 Å². The number of aromatic nitrogens is 2. The summed E-state index contributed by atoms with van der Waals surface area (Å²) < 4.78 is 37.5. The standard InChI is InChI=1S/C11H18F3N3O/c1-8-10(7-15-4-3-11(12,13)14)9(2)17(16-8)5-6-18/h15,18H,3-7H2,1-2H3. The van der Waals surface area contributed by atoms with Gasteiger partial charge in [-0.2, -0.15) is 18.3 Å². The molecule has 0 radical (unpaired) electrons. The second-order valence-electron chi connectivity index (χ2n) is 4.14. The summed E-state index contributed by atoms with van der Waals surface area (Å²) in [4.78, 5) is 0. The van der Waals surface area contributed by atoms with Gasteiger partial charge in [0.15, 0.2) is 0 Å². The zero-order valence-corrected chi connectivity index (χ0v) is 10.5. The molecule has 0 aliphatic carbocycles. The van der Waals surface area contributed by atoms with Gasteiger partial charge in [0, 0.05) is 24.3 Å². The number of hydrogen-bond donors (Lipinski definition) is 2. The molecule has 2 N–H and O–H groups in total. The molecule has 104 valence electrons. The molecule has 1 aromatic heterocycles. The van der Waals surface area contributed by atoms with Crippen LogP contribution in [0.3, 0.4) is 0 Å². The van der Waals surface area contributed by atoms with E-state index in [1.54, 1.807) is 4.68 Å². The number of rotatable bonds is 6. The molecule has 0 spiro atoms. The Morgan fingerprint density at radius 3 is 2.56 bits per heavy atom. The lowest BCUT2D eigenvalue weighted by Gasteiger charge is -2.08. The van der Waals surface area contributed by atoms with Crippen molar-refractivity contribution in [2.24, 2.45) is 0 Å². The van der Waals surface area contributed by atoms with Crippen LogP contribution in [0.5, 0.6) is 0 Å². The highest BCUT2D eigenvalue weighted by atomic mass is 19.4. The molecule has 7 heteroatoms. The fourth-order valence-electron chi connectivity index (χ4n) is 1.75. The van der Waals surface area contributed by atoms with Crippen molar-refractivity contribution in [3.63, 3.8) is 0 Å². The van der Waals surface area contributed by atoms with Gasteiger partial charge in [0.05, 0.1) is 25.3 Å². The van der Waals surface area contributed by atoms with E-state index in [4.69, 9.17) is 5.11 Å². The number of nitrogens with one attached hydrogen (secondary N) is 1. The molecule has 18 heavy (non-hydrogen) atoms. The molecule has 0 atom stereocenters. The van der Waals surface area contributed by atoms with Gasteiger partial charge >= 0.3 is 6.18 Å². The smallest absolute Gasteiger partial charge is 0.390 e. The Labute approximate surface area is 104 Å². The lowest BCUT2D eigenvalue weighted by atomic mass is 10.2. The highest BCUT2D eigenvalue weighted by molar-refractivity contribution is 5.24. The summed E-state index contributed by atoms with van der Waals surface area (Å²) in [7, 11) is 0. The first-order chi connectivity index (χ1) is 8.35. The summed E-state index contributed by atoms with van der Waals surface area (Å²) in [5.41, 5.74) is 2.55. The highest BCUT2D eigenvalue weighted by Crippen LogP contribution is 2.18. The van der Waals surface area contributed by atoms with Crippen LogP contribution in [0.1, 0.15) is 23.4 Å². The zero-order valence-electron chi connectivity index (χ0n) is 10.5. The number of aliphatic hydroxyl groups is 1. The summed E-state index contributed by atoms with van der Waals surface area (Å²) >= 11 is 0. The van der Waals surface area contributed by atoms with E-state index < -0.39 is 12.6 Å². The summed E-state index contributed by atoms with van der Waals surface area (Å²) in [6.45, 7) is 4.29. The number of hydrogen-bond acceptors (Lipinski definition) is 3. The van der Waals surface area contributed by atoms with E-state index in [2.05, 4.69) is 10.4 Å². The monoisotopic (exact) mass is 265 g/mol. The summed E-state index contributed by atoms with van der Waals surface area (Å²) in [5, 5.41) is 15.8. The number of aryl methyl sites for hydroxylation is 1. The largest absolute Gasteiger partial charge is 0.394 e. The SMILES string of the molecule is Cc1nn(CCO)c(C)c1CNCCC(F)(F)F. The van der Waals surface area contributed by atoms with E-state index in [1.165, 1.54) is 0 Å². The Morgan fingerprint density at radius 1 is 1.33 bits per heavy atom. The van der Waals surface area contributed by atoms with Gasteiger partial charge in [-0.3, -0.25) is 4.68 Å². The zero-order chi connectivity index (χ0) is 13.8. The van der Waals surface area contributed by atoms with Crippen LogP contribution in [-0.2, 0) is 13.1 Å². The van der Waals surface area contributed by atoms with Crippen molar-refractivity contribution in [3.8, 4) is 0 Å². The fourth-order valence-corrected chi connectivity index (χ4v) is 1.75. The first kappa shape index (κ1) is 15.0. The molecule has 0 saturated carbocycles. The Balaban J connectivity index is 2.52. The first-order valence-electron chi connectivity index (χ1n) is 5.76. The number of nitrogens with zero attached hydrogens (tertiary/aromatic N) is 2. The van der Waals surface area contributed by atoms with Gasteiger partial charge in [0.25, 0.3) is 0 Å². The second kappa shape index (κ2) is 6.19. The van der Waals surface area contributed by atoms with E-state index >= 15 is 0 Å². The van der Waals surface area contributed by atoms with Crippen LogP contribution in [0.25, 0.3) is 0 Å². The molecule has 1 rings (SSSR count). The molecule has 1 aromatic rings. The van der Waals surface area contributed by atoms with Crippen LogP contribution in [0, 0.1) is 13.8 Å². The molecular weight excluding hydrogens is 247 g/mol. The number of aliphatic hydroxyl groups excluding tert-OH is 1. The molecule has 0 aliphatic heterocycles. The third-order valence-corrected chi connectivity index (χ3v) is 2.73. The molecule has 4 nitrogen and oxygen atoms in total. The number of alkyl halides is 3. The van der Waals surface area contributed by atoms with Crippen LogP contribution in [0.4, 0.5) is 13.2 Å². The van der Waals surface area contributed by atoms with Crippen LogP contribution < -0.4 is 5.32 Å². The molecule has 0 fully saturated rings. The minimum atomic E-state index is -4.13. The predicted molar refractivity (Wildman–Crippen MR) is 61.2 cm³/mol. The minimum Gasteiger partial charge on any atom is -0.394 e. The van der Waals surface area contributed by atoms with Crippen molar-refractivity contribution in [3.05, 3.63) is 17.0 Å². The quantitative estimate of drug-likeness (QED) is 0.767. The normalized spacial score (nSPS) is 12.1. The van der Waals surface area contributed by atoms with Gasteiger partial charge in [-0.1, -0.05) is 0 Å². The molecule has 0 amide bonds. The van der Waals surface area contributed by atoms with Crippen molar-refractivity contribution in [1.29, 1.82) is 0 Å². The predicted octanol–water partition coefficient (Wildman–Crippen LogP) is 1.53. The van der Waals surface area contributed by atoms with Crippen molar-refractivity contribution < 1.29 is 18.3 Å².